The Bertz CT molecular complexity index is 489. The molecule has 1 aromatic carbocycles. The molecule has 1 unspecified atom stereocenters. The van der Waals surface area contributed by atoms with Crippen molar-refractivity contribution in [3.8, 4) is 0 Å². The molecule has 0 saturated heterocycles. The average molecular weight is 273 g/mol. The summed E-state index contributed by atoms with van der Waals surface area (Å²) in [4.78, 5) is 0. The molecule has 0 saturated carbocycles. The SMILES string of the molecule is CC(Nc1c(Cl)cc(N)cc1Cl)c1nn[nH]n1. The quantitative estimate of drug-likeness (QED) is 0.746. The molecule has 2 rings (SSSR count). The summed E-state index contributed by atoms with van der Waals surface area (Å²) in [6.07, 6.45) is 0. The lowest BCUT2D eigenvalue weighted by atomic mass is 10.2. The van der Waals surface area contributed by atoms with Gasteiger partial charge in [0.2, 0.25) is 0 Å². The van der Waals surface area contributed by atoms with Gasteiger partial charge in [-0.3, -0.25) is 0 Å². The lowest BCUT2D eigenvalue weighted by molar-refractivity contribution is 0.794. The Morgan fingerprint density at radius 2 is 2.00 bits per heavy atom. The number of hydrogen-bond donors (Lipinski definition) is 3. The number of benzene rings is 1. The summed E-state index contributed by atoms with van der Waals surface area (Å²) in [5.41, 5.74) is 6.73. The van der Waals surface area contributed by atoms with Crippen molar-refractivity contribution in [1.29, 1.82) is 0 Å². The normalized spacial score (nSPS) is 12.4. The first kappa shape index (κ1) is 11.9. The molecule has 1 aromatic heterocycles. The van der Waals surface area contributed by atoms with Gasteiger partial charge in [0, 0.05) is 5.69 Å². The predicted octanol–water partition coefficient (Wildman–Crippen LogP) is 2.26. The Labute approximate surface area is 107 Å². The molecule has 90 valence electrons. The van der Waals surface area contributed by atoms with E-state index in [0.29, 0.717) is 27.2 Å². The Morgan fingerprint density at radius 3 is 2.53 bits per heavy atom. The van der Waals surface area contributed by atoms with Gasteiger partial charge in [-0.05, 0) is 19.1 Å². The van der Waals surface area contributed by atoms with Crippen LogP contribution in [-0.4, -0.2) is 20.6 Å². The van der Waals surface area contributed by atoms with Crippen LogP contribution in [-0.2, 0) is 0 Å². The van der Waals surface area contributed by atoms with Crippen molar-refractivity contribution in [2.75, 3.05) is 11.1 Å². The third kappa shape index (κ3) is 2.59. The summed E-state index contributed by atoms with van der Waals surface area (Å²) < 4.78 is 0. The standard InChI is InChI=1S/C9H10Cl2N6/c1-4(9-14-16-17-15-9)13-8-6(10)2-5(12)3-7(8)11/h2-4,13H,12H2,1H3,(H,14,15,16,17). The lowest BCUT2D eigenvalue weighted by Gasteiger charge is -2.15. The highest BCUT2D eigenvalue weighted by molar-refractivity contribution is 6.39. The monoisotopic (exact) mass is 272 g/mol. The van der Waals surface area contributed by atoms with Crippen LogP contribution in [0.4, 0.5) is 11.4 Å². The number of nitrogens with zero attached hydrogens (tertiary/aromatic N) is 3. The molecule has 0 bridgehead atoms. The zero-order valence-electron chi connectivity index (χ0n) is 8.91. The van der Waals surface area contributed by atoms with Gasteiger partial charge in [0.05, 0.1) is 21.8 Å². The van der Waals surface area contributed by atoms with E-state index in [0.717, 1.165) is 0 Å². The molecule has 0 radical (unpaired) electrons. The van der Waals surface area contributed by atoms with Gasteiger partial charge in [-0.15, -0.1) is 10.2 Å². The molecule has 1 heterocycles. The average Bonchev–Trinajstić information content (AvgIpc) is 2.76. The molecule has 0 spiro atoms. The van der Waals surface area contributed by atoms with E-state index >= 15 is 0 Å². The summed E-state index contributed by atoms with van der Waals surface area (Å²) in [6.45, 7) is 1.87. The second kappa shape index (κ2) is 4.77. The van der Waals surface area contributed by atoms with Gasteiger partial charge in [-0.25, -0.2) is 0 Å². The van der Waals surface area contributed by atoms with E-state index in [-0.39, 0.29) is 6.04 Å². The Balaban J connectivity index is 2.25. The van der Waals surface area contributed by atoms with Crippen molar-refractivity contribution < 1.29 is 0 Å². The molecule has 0 aliphatic carbocycles. The number of aromatic nitrogens is 4. The van der Waals surface area contributed by atoms with Crippen LogP contribution in [0.5, 0.6) is 0 Å². The van der Waals surface area contributed by atoms with Crippen molar-refractivity contribution in [2.45, 2.75) is 13.0 Å². The molecule has 0 amide bonds. The topological polar surface area (TPSA) is 92.5 Å². The van der Waals surface area contributed by atoms with Gasteiger partial charge in [-0.2, -0.15) is 5.21 Å². The largest absolute Gasteiger partial charge is 0.399 e. The highest BCUT2D eigenvalue weighted by Gasteiger charge is 2.14. The molecule has 0 fully saturated rings. The minimum atomic E-state index is -0.174. The van der Waals surface area contributed by atoms with Crippen molar-refractivity contribution >= 4 is 34.6 Å². The summed E-state index contributed by atoms with van der Waals surface area (Å²) in [5.74, 6) is 0.522. The second-order valence-corrected chi connectivity index (χ2v) is 4.31. The van der Waals surface area contributed by atoms with Crippen molar-refractivity contribution in [2.24, 2.45) is 0 Å². The summed E-state index contributed by atoms with van der Waals surface area (Å²) in [6, 6.07) is 3.07. The van der Waals surface area contributed by atoms with Crippen LogP contribution in [0.2, 0.25) is 10.0 Å². The Morgan fingerprint density at radius 1 is 1.35 bits per heavy atom. The molecule has 2 aromatic rings. The molecule has 0 aliphatic rings. The first-order chi connectivity index (χ1) is 8.08. The van der Waals surface area contributed by atoms with Crippen LogP contribution >= 0.6 is 23.2 Å². The fourth-order valence-electron chi connectivity index (χ4n) is 1.36. The van der Waals surface area contributed by atoms with Crippen LogP contribution in [0, 0.1) is 0 Å². The number of anilines is 2. The van der Waals surface area contributed by atoms with Crippen molar-refractivity contribution in [1.82, 2.24) is 20.6 Å². The third-order valence-electron chi connectivity index (χ3n) is 2.17. The maximum absolute atomic E-state index is 6.05. The van der Waals surface area contributed by atoms with Gasteiger partial charge in [0.15, 0.2) is 5.82 Å². The fourth-order valence-corrected chi connectivity index (χ4v) is 1.98. The van der Waals surface area contributed by atoms with Crippen LogP contribution in [0.25, 0.3) is 0 Å². The second-order valence-electron chi connectivity index (χ2n) is 3.50. The zero-order chi connectivity index (χ0) is 12.4. The van der Waals surface area contributed by atoms with Gasteiger partial charge in [-0.1, -0.05) is 28.4 Å². The molecule has 17 heavy (non-hydrogen) atoms. The number of tetrazole rings is 1. The molecule has 6 nitrogen and oxygen atoms in total. The van der Waals surface area contributed by atoms with Gasteiger partial charge in [0.1, 0.15) is 0 Å². The van der Waals surface area contributed by atoms with Gasteiger partial charge >= 0.3 is 0 Å². The summed E-state index contributed by atoms with van der Waals surface area (Å²) >= 11 is 12.1. The van der Waals surface area contributed by atoms with E-state index in [1.807, 2.05) is 6.92 Å². The minimum absolute atomic E-state index is 0.174. The molecular formula is C9H10Cl2N6. The minimum Gasteiger partial charge on any atom is -0.399 e. The highest BCUT2D eigenvalue weighted by Crippen LogP contribution is 2.34. The van der Waals surface area contributed by atoms with Crippen LogP contribution in [0.3, 0.4) is 0 Å². The first-order valence-corrected chi connectivity index (χ1v) is 5.58. The zero-order valence-corrected chi connectivity index (χ0v) is 10.4. The van der Waals surface area contributed by atoms with Crippen LogP contribution in [0.1, 0.15) is 18.8 Å². The summed E-state index contributed by atoms with van der Waals surface area (Å²) in [5, 5.41) is 17.6. The number of nitrogens with two attached hydrogens (primary N) is 1. The van der Waals surface area contributed by atoms with E-state index in [2.05, 4.69) is 25.9 Å². The van der Waals surface area contributed by atoms with E-state index in [1.54, 1.807) is 12.1 Å². The number of nitrogen functional groups attached to an aromatic ring is 1. The predicted molar refractivity (Wildman–Crippen MR) is 67.1 cm³/mol. The van der Waals surface area contributed by atoms with E-state index < -0.39 is 0 Å². The molecule has 0 aliphatic heterocycles. The maximum Gasteiger partial charge on any atom is 0.196 e. The number of nitrogens with one attached hydrogen (secondary N) is 2. The fraction of sp³-hybridized carbons (Fsp3) is 0.222. The van der Waals surface area contributed by atoms with Crippen molar-refractivity contribution in [3.05, 3.63) is 28.0 Å². The molecule has 8 heteroatoms. The van der Waals surface area contributed by atoms with E-state index in [1.165, 1.54) is 0 Å². The Kier molecular flexibility index (Phi) is 3.35. The summed E-state index contributed by atoms with van der Waals surface area (Å²) in [7, 11) is 0. The number of hydrogen-bond acceptors (Lipinski definition) is 5. The smallest absolute Gasteiger partial charge is 0.196 e. The molecular weight excluding hydrogens is 263 g/mol. The van der Waals surface area contributed by atoms with Gasteiger partial charge in [0.25, 0.3) is 0 Å². The van der Waals surface area contributed by atoms with E-state index in [4.69, 9.17) is 28.9 Å². The van der Waals surface area contributed by atoms with Crippen molar-refractivity contribution in [3.63, 3.8) is 0 Å². The lowest BCUT2D eigenvalue weighted by Crippen LogP contribution is -2.09. The van der Waals surface area contributed by atoms with Gasteiger partial charge < -0.3 is 11.1 Å². The Hall–Kier alpha value is -1.53. The third-order valence-corrected chi connectivity index (χ3v) is 2.77. The first-order valence-electron chi connectivity index (χ1n) is 4.82. The number of halogens is 2. The number of aromatic amines is 1. The van der Waals surface area contributed by atoms with Crippen LogP contribution < -0.4 is 11.1 Å². The maximum atomic E-state index is 6.05. The number of H-pyrrole nitrogens is 1. The van der Waals surface area contributed by atoms with E-state index in [9.17, 15) is 0 Å². The highest BCUT2D eigenvalue weighted by atomic mass is 35.5. The number of rotatable bonds is 3. The van der Waals surface area contributed by atoms with Crippen LogP contribution in [0.15, 0.2) is 12.1 Å². The molecule has 4 N–H and O–H groups in total. The molecule has 1 atom stereocenters.